The molecule has 3 N–H and O–H groups in total. The van der Waals surface area contributed by atoms with Crippen LogP contribution in [-0.4, -0.2) is 36.0 Å². The van der Waals surface area contributed by atoms with Crippen LogP contribution in [0.3, 0.4) is 0 Å². The molecule has 1 rings (SSSR count). The van der Waals surface area contributed by atoms with E-state index in [9.17, 15) is 10.2 Å². The van der Waals surface area contributed by atoms with E-state index in [0.717, 1.165) is 11.8 Å². The molecule has 0 amide bonds. The van der Waals surface area contributed by atoms with Crippen LogP contribution in [0.2, 0.25) is 0 Å². The average molecular weight is 229 g/mol. The zero-order valence-electron chi connectivity index (χ0n) is 10.9. The summed E-state index contributed by atoms with van der Waals surface area (Å²) in [5.74, 6) is 1.61. The lowest BCUT2D eigenvalue weighted by molar-refractivity contribution is 0.0638. The highest BCUT2D eigenvalue weighted by atomic mass is 16.3. The summed E-state index contributed by atoms with van der Waals surface area (Å²) in [6, 6.07) is 0.559. The van der Waals surface area contributed by atoms with Crippen molar-refractivity contribution in [1.82, 2.24) is 5.32 Å². The van der Waals surface area contributed by atoms with Crippen LogP contribution in [0.1, 0.15) is 40.0 Å². The number of aliphatic hydroxyl groups is 2. The second kappa shape index (κ2) is 5.99. The summed E-state index contributed by atoms with van der Waals surface area (Å²) in [7, 11) is 0. The molecular formula is C13H27NO2. The summed E-state index contributed by atoms with van der Waals surface area (Å²) in [5, 5.41) is 21.9. The van der Waals surface area contributed by atoms with Gasteiger partial charge in [-0.25, -0.2) is 0 Å². The van der Waals surface area contributed by atoms with E-state index in [1.54, 1.807) is 0 Å². The highest BCUT2D eigenvalue weighted by molar-refractivity contribution is 4.83. The van der Waals surface area contributed by atoms with E-state index in [-0.39, 0.29) is 18.6 Å². The van der Waals surface area contributed by atoms with Crippen molar-refractivity contribution in [2.45, 2.75) is 46.1 Å². The Morgan fingerprint density at radius 2 is 1.75 bits per heavy atom. The molecule has 0 heterocycles. The Bertz CT molecular complexity index is 204. The van der Waals surface area contributed by atoms with E-state index in [1.807, 2.05) is 6.92 Å². The van der Waals surface area contributed by atoms with Gasteiger partial charge >= 0.3 is 0 Å². The number of hydrogen-bond donors (Lipinski definition) is 3. The van der Waals surface area contributed by atoms with Gasteiger partial charge in [0.25, 0.3) is 0 Å². The highest BCUT2D eigenvalue weighted by Gasteiger charge is 2.27. The third kappa shape index (κ3) is 3.72. The van der Waals surface area contributed by atoms with Gasteiger partial charge in [0.1, 0.15) is 0 Å². The largest absolute Gasteiger partial charge is 0.396 e. The fraction of sp³-hybridized carbons (Fsp3) is 1.00. The molecule has 1 aliphatic rings. The Morgan fingerprint density at radius 3 is 2.25 bits per heavy atom. The lowest BCUT2D eigenvalue weighted by Crippen LogP contribution is -2.44. The topological polar surface area (TPSA) is 52.5 Å². The standard InChI is InChI=1S/C13H27NO2/c1-10-4-5-12(6-11(10)2)14-7-13(3,8-15)9-16/h10-12,14-16H,4-9H2,1-3H3. The number of nitrogens with one attached hydrogen (secondary N) is 1. The van der Waals surface area contributed by atoms with Gasteiger partial charge in [0.15, 0.2) is 0 Å². The van der Waals surface area contributed by atoms with Crippen LogP contribution < -0.4 is 5.32 Å². The van der Waals surface area contributed by atoms with Gasteiger partial charge in [-0.15, -0.1) is 0 Å². The molecule has 0 radical (unpaired) electrons. The smallest absolute Gasteiger partial charge is 0.0518 e. The van der Waals surface area contributed by atoms with Crippen LogP contribution >= 0.6 is 0 Å². The molecule has 0 saturated heterocycles. The Kier molecular flexibility index (Phi) is 5.22. The Balaban J connectivity index is 2.33. The van der Waals surface area contributed by atoms with E-state index in [4.69, 9.17) is 0 Å². The summed E-state index contributed by atoms with van der Waals surface area (Å²) in [4.78, 5) is 0. The van der Waals surface area contributed by atoms with Crippen LogP contribution in [0.5, 0.6) is 0 Å². The molecule has 0 bridgehead atoms. The molecule has 0 aliphatic heterocycles. The van der Waals surface area contributed by atoms with Crippen LogP contribution in [0.4, 0.5) is 0 Å². The number of rotatable bonds is 5. The third-order valence-electron chi connectivity index (χ3n) is 4.18. The molecule has 1 aliphatic carbocycles. The quantitative estimate of drug-likeness (QED) is 0.668. The normalized spacial score (nSPS) is 31.7. The molecule has 96 valence electrons. The first-order valence-electron chi connectivity index (χ1n) is 6.46. The van der Waals surface area contributed by atoms with Crippen molar-refractivity contribution in [3.63, 3.8) is 0 Å². The lowest BCUT2D eigenvalue weighted by Gasteiger charge is -2.35. The average Bonchev–Trinajstić information content (AvgIpc) is 2.30. The second-order valence-electron chi connectivity index (χ2n) is 5.97. The van der Waals surface area contributed by atoms with E-state index in [2.05, 4.69) is 19.2 Å². The molecule has 0 aromatic heterocycles. The van der Waals surface area contributed by atoms with E-state index >= 15 is 0 Å². The van der Waals surface area contributed by atoms with Crippen LogP contribution in [-0.2, 0) is 0 Å². The molecule has 0 aromatic carbocycles. The molecule has 3 heteroatoms. The van der Waals surface area contributed by atoms with Crippen molar-refractivity contribution in [2.24, 2.45) is 17.3 Å². The SMILES string of the molecule is CC1CCC(NCC(C)(CO)CO)CC1C. The molecule has 0 aromatic rings. The van der Waals surface area contributed by atoms with Gasteiger partial charge in [-0.05, 0) is 31.1 Å². The number of aliphatic hydroxyl groups excluding tert-OH is 2. The molecule has 1 fully saturated rings. The van der Waals surface area contributed by atoms with Gasteiger partial charge in [-0.1, -0.05) is 20.8 Å². The fourth-order valence-corrected chi connectivity index (χ4v) is 2.29. The van der Waals surface area contributed by atoms with Gasteiger partial charge in [0.05, 0.1) is 13.2 Å². The summed E-state index contributed by atoms with van der Waals surface area (Å²) in [6.45, 7) is 7.33. The van der Waals surface area contributed by atoms with Crippen LogP contribution in [0.15, 0.2) is 0 Å². The van der Waals surface area contributed by atoms with Crippen molar-refractivity contribution in [3.05, 3.63) is 0 Å². The van der Waals surface area contributed by atoms with Crippen molar-refractivity contribution >= 4 is 0 Å². The first-order chi connectivity index (χ1) is 7.50. The molecule has 3 atom stereocenters. The number of hydrogen-bond acceptors (Lipinski definition) is 3. The molecular weight excluding hydrogens is 202 g/mol. The molecule has 3 nitrogen and oxygen atoms in total. The van der Waals surface area contributed by atoms with E-state index in [1.165, 1.54) is 19.3 Å². The van der Waals surface area contributed by atoms with Crippen molar-refractivity contribution in [1.29, 1.82) is 0 Å². The van der Waals surface area contributed by atoms with Gasteiger partial charge < -0.3 is 15.5 Å². The molecule has 3 unspecified atom stereocenters. The Labute approximate surface area is 99.3 Å². The summed E-state index contributed by atoms with van der Waals surface area (Å²) in [6.07, 6.45) is 3.72. The predicted molar refractivity (Wildman–Crippen MR) is 66.2 cm³/mol. The maximum absolute atomic E-state index is 9.21. The monoisotopic (exact) mass is 229 g/mol. The zero-order valence-corrected chi connectivity index (χ0v) is 10.9. The minimum Gasteiger partial charge on any atom is -0.396 e. The van der Waals surface area contributed by atoms with Crippen molar-refractivity contribution in [3.8, 4) is 0 Å². The summed E-state index contributed by atoms with van der Waals surface area (Å²) in [5.41, 5.74) is -0.383. The van der Waals surface area contributed by atoms with Crippen molar-refractivity contribution < 1.29 is 10.2 Å². The predicted octanol–water partition coefficient (Wildman–Crippen LogP) is 1.39. The second-order valence-corrected chi connectivity index (χ2v) is 5.97. The van der Waals surface area contributed by atoms with Crippen LogP contribution in [0, 0.1) is 17.3 Å². The molecule has 16 heavy (non-hydrogen) atoms. The molecule has 0 spiro atoms. The van der Waals surface area contributed by atoms with E-state index in [0.29, 0.717) is 12.6 Å². The highest BCUT2D eigenvalue weighted by Crippen LogP contribution is 2.29. The zero-order chi connectivity index (χ0) is 12.2. The Morgan fingerprint density at radius 1 is 1.12 bits per heavy atom. The lowest BCUT2D eigenvalue weighted by atomic mass is 9.79. The minimum absolute atomic E-state index is 0.0369. The fourth-order valence-electron chi connectivity index (χ4n) is 2.29. The van der Waals surface area contributed by atoms with Gasteiger partial charge in [-0.2, -0.15) is 0 Å². The maximum atomic E-state index is 9.21. The summed E-state index contributed by atoms with van der Waals surface area (Å²) >= 11 is 0. The van der Waals surface area contributed by atoms with Crippen LogP contribution in [0.25, 0.3) is 0 Å². The van der Waals surface area contributed by atoms with Gasteiger partial charge in [0, 0.05) is 18.0 Å². The Hall–Kier alpha value is -0.120. The van der Waals surface area contributed by atoms with Crippen molar-refractivity contribution in [2.75, 3.05) is 19.8 Å². The summed E-state index contributed by atoms with van der Waals surface area (Å²) < 4.78 is 0. The van der Waals surface area contributed by atoms with E-state index < -0.39 is 0 Å². The molecule has 1 saturated carbocycles. The van der Waals surface area contributed by atoms with Gasteiger partial charge in [-0.3, -0.25) is 0 Å². The first-order valence-corrected chi connectivity index (χ1v) is 6.46. The first kappa shape index (κ1) is 13.9. The van der Waals surface area contributed by atoms with Gasteiger partial charge in [0.2, 0.25) is 0 Å². The minimum atomic E-state index is -0.383. The third-order valence-corrected chi connectivity index (χ3v) is 4.18. The maximum Gasteiger partial charge on any atom is 0.0518 e.